The number of piperidine rings is 1. The molecule has 3 aromatic heterocycles. The molecule has 1 unspecified atom stereocenters. The van der Waals surface area contributed by atoms with E-state index in [4.69, 9.17) is 4.52 Å². The van der Waals surface area contributed by atoms with Crippen LogP contribution in [0.2, 0.25) is 0 Å². The van der Waals surface area contributed by atoms with E-state index in [1.165, 1.54) is 0 Å². The molecule has 1 fully saturated rings. The Balaban J connectivity index is 1.42. The van der Waals surface area contributed by atoms with Gasteiger partial charge < -0.3 is 9.42 Å². The van der Waals surface area contributed by atoms with E-state index in [2.05, 4.69) is 15.1 Å². The van der Waals surface area contributed by atoms with Crippen LogP contribution in [0.3, 0.4) is 0 Å². The Hall–Kier alpha value is -2.54. The van der Waals surface area contributed by atoms with Crippen LogP contribution in [0.25, 0.3) is 11.4 Å². The molecule has 4 heterocycles. The third kappa shape index (κ3) is 3.53. The van der Waals surface area contributed by atoms with Crippen LogP contribution < -0.4 is 0 Å². The molecule has 0 saturated carbocycles. The Morgan fingerprint density at radius 1 is 1.42 bits per heavy atom. The van der Waals surface area contributed by atoms with Gasteiger partial charge in [-0.25, -0.2) is 0 Å². The molecule has 0 spiro atoms. The van der Waals surface area contributed by atoms with Gasteiger partial charge in [-0.05, 0) is 49.3 Å². The lowest BCUT2D eigenvalue weighted by Crippen LogP contribution is -2.40. The SMILES string of the molecule is Cc1ncccc1C(=O)N1CCCC(Cc2nc(-c3ccsc3)no2)C1. The summed E-state index contributed by atoms with van der Waals surface area (Å²) in [5.41, 5.74) is 2.44. The monoisotopic (exact) mass is 368 g/mol. The standard InChI is InChI=1S/C19H20N4O2S/c1-13-16(5-2-7-20-13)19(24)23-8-3-4-14(11-23)10-17-21-18(22-25-17)15-6-9-26-12-15/h2,5-7,9,12,14H,3-4,8,10-11H2,1H3. The van der Waals surface area contributed by atoms with Crippen LogP contribution in [0.4, 0.5) is 0 Å². The molecule has 134 valence electrons. The fourth-order valence-corrected chi connectivity index (χ4v) is 4.02. The highest BCUT2D eigenvalue weighted by molar-refractivity contribution is 7.08. The zero-order valence-electron chi connectivity index (χ0n) is 14.6. The lowest BCUT2D eigenvalue weighted by Gasteiger charge is -2.32. The molecule has 26 heavy (non-hydrogen) atoms. The Bertz CT molecular complexity index is 891. The van der Waals surface area contributed by atoms with Crippen LogP contribution >= 0.6 is 11.3 Å². The van der Waals surface area contributed by atoms with Gasteiger partial charge >= 0.3 is 0 Å². The normalized spacial score (nSPS) is 17.4. The summed E-state index contributed by atoms with van der Waals surface area (Å²) in [4.78, 5) is 23.5. The first-order chi connectivity index (χ1) is 12.7. The first kappa shape index (κ1) is 16.9. The van der Waals surface area contributed by atoms with E-state index in [0.717, 1.165) is 30.6 Å². The van der Waals surface area contributed by atoms with Crippen LogP contribution in [0.1, 0.15) is 34.8 Å². The fraction of sp³-hybridized carbons (Fsp3) is 0.368. The van der Waals surface area contributed by atoms with Crippen LogP contribution in [0, 0.1) is 12.8 Å². The summed E-state index contributed by atoms with van der Waals surface area (Å²) >= 11 is 1.61. The fourth-order valence-electron chi connectivity index (χ4n) is 3.39. The van der Waals surface area contributed by atoms with Gasteiger partial charge in [-0.15, -0.1) is 0 Å². The van der Waals surface area contributed by atoms with Gasteiger partial charge in [-0.1, -0.05) is 5.16 Å². The quantitative estimate of drug-likeness (QED) is 0.704. The molecule has 1 aliphatic rings. The summed E-state index contributed by atoms with van der Waals surface area (Å²) in [6.45, 7) is 3.37. The van der Waals surface area contributed by atoms with E-state index in [9.17, 15) is 4.79 Å². The summed E-state index contributed by atoms with van der Waals surface area (Å²) in [6, 6.07) is 5.64. The second kappa shape index (κ2) is 7.37. The maximum atomic E-state index is 12.8. The third-order valence-corrected chi connectivity index (χ3v) is 5.44. The molecule has 0 aromatic carbocycles. The maximum Gasteiger partial charge on any atom is 0.255 e. The molecule has 1 amide bonds. The smallest absolute Gasteiger partial charge is 0.255 e. The molecule has 1 atom stereocenters. The zero-order valence-corrected chi connectivity index (χ0v) is 15.4. The predicted octanol–water partition coefficient (Wildman–Crippen LogP) is 3.60. The molecule has 0 aliphatic carbocycles. The lowest BCUT2D eigenvalue weighted by atomic mass is 9.94. The predicted molar refractivity (Wildman–Crippen MR) is 98.9 cm³/mol. The number of thiophene rings is 1. The molecule has 0 radical (unpaired) electrons. The number of carbonyl (C=O) groups is 1. The molecule has 3 aromatic rings. The number of pyridine rings is 1. The first-order valence-corrected chi connectivity index (χ1v) is 9.71. The van der Waals surface area contributed by atoms with Gasteiger partial charge in [0.2, 0.25) is 11.7 Å². The number of hydrogen-bond acceptors (Lipinski definition) is 6. The van der Waals surface area contributed by atoms with Crippen molar-refractivity contribution in [1.82, 2.24) is 20.0 Å². The number of hydrogen-bond donors (Lipinski definition) is 0. The molecule has 1 saturated heterocycles. The van der Waals surface area contributed by atoms with E-state index < -0.39 is 0 Å². The second-order valence-electron chi connectivity index (χ2n) is 6.62. The number of amides is 1. The van der Waals surface area contributed by atoms with Crippen molar-refractivity contribution in [3.05, 3.63) is 52.3 Å². The molecule has 1 aliphatic heterocycles. The molecular weight excluding hydrogens is 348 g/mol. The second-order valence-corrected chi connectivity index (χ2v) is 7.40. The van der Waals surface area contributed by atoms with Crippen LogP contribution in [0.15, 0.2) is 39.7 Å². The number of aryl methyl sites for hydroxylation is 1. The van der Waals surface area contributed by atoms with E-state index in [1.54, 1.807) is 17.5 Å². The topological polar surface area (TPSA) is 72.1 Å². The summed E-state index contributed by atoms with van der Waals surface area (Å²) in [5, 5.41) is 8.07. The van der Waals surface area contributed by atoms with Gasteiger partial charge in [0.15, 0.2) is 0 Å². The van der Waals surface area contributed by atoms with Crippen molar-refractivity contribution in [2.24, 2.45) is 5.92 Å². The van der Waals surface area contributed by atoms with Gasteiger partial charge in [0.05, 0.1) is 5.56 Å². The lowest BCUT2D eigenvalue weighted by molar-refractivity contribution is 0.0667. The molecular formula is C19H20N4O2S. The Morgan fingerprint density at radius 2 is 2.35 bits per heavy atom. The molecule has 6 nitrogen and oxygen atoms in total. The third-order valence-electron chi connectivity index (χ3n) is 4.75. The number of likely N-dealkylation sites (tertiary alicyclic amines) is 1. The van der Waals surface area contributed by atoms with Crippen molar-refractivity contribution in [2.45, 2.75) is 26.2 Å². The highest BCUT2D eigenvalue weighted by Gasteiger charge is 2.27. The van der Waals surface area contributed by atoms with Gasteiger partial charge in [0.25, 0.3) is 5.91 Å². The number of rotatable bonds is 4. The highest BCUT2D eigenvalue weighted by Crippen LogP contribution is 2.24. The molecule has 0 N–H and O–H groups in total. The highest BCUT2D eigenvalue weighted by atomic mass is 32.1. The van der Waals surface area contributed by atoms with Crippen molar-refractivity contribution < 1.29 is 9.32 Å². The Morgan fingerprint density at radius 3 is 3.15 bits per heavy atom. The first-order valence-electron chi connectivity index (χ1n) is 8.77. The minimum absolute atomic E-state index is 0.0600. The van der Waals surface area contributed by atoms with Gasteiger partial charge in [-0.2, -0.15) is 16.3 Å². The van der Waals surface area contributed by atoms with Gasteiger partial charge in [0, 0.05) is 42.3 Å². The van der Waals surface area contributed by atoms with Gasteiger partial charge in [0.1, 0.15) is 0 Å². The van der Waals surface area contributed by atoms with Crippen molar-refractivity contribution in [2.75, 3.05) is 13.1 Å². The average molecular weight is 368 g/mol. The minimum Gasteiger partial charge on any atom is -0.339 e. The number of carbonyl (C=O) groups excluding carboxylic acids is 1. The van der Waals surface area contributed by atoms with Crippen molar-refractivity contribution in [3.63, 3.8) is 0 Å². The molecule has 0 bridgehead atoms. The number of aromatic nitrogens is 3. The van der Waals surface area contributed by atoms with Crippen molar-refractivity contribution >= 4 is 17.2 Å². The van der Waals surface area contributed by atoms with E-state index in [-0.39, 0.29) is 5.91 Å². The Kier molecular flexibility index (Phi) is 4.79. The van der Waals surface area contributed by atoms with Crippen molar-refractivity contribution in [3.8, 4) is 11.4 Å². The van der Waals surface area contributed by atoms with E-state index >= 15 is 0 Å². The maximum absolute atomic E-state index is 12.8. The number of nitrogens with zero attached hydrogens (tertiary/aromatic N) is 4. The van der Waals surface area contributed by atoms with Crippen LogP contribution in [-0.4, -0.2) is 39.0 Å². The largest absolute Gasteiger partial charge is 0.339 e. The Labute approximate surface area is 155 Å². The van der Waals surface area contributed by atoms with Crippen LogP contribution in [-0.2, 0) is 6.42 Å². The molecule has 4 rings (SSSR count). The zero-order chi connectivity index (χ0) is 17.9. The average Bonchev–Trinajstić information content (AvgIpc) is 3.33. The summed E-state index contributed by atoms with van der Waals surface area (Å²) in [7, 11) is 0. The minimum atomic E-state index is 0.0600. The summed E-state index contributed by atoms with van der Waals surface area (Å²) in [5.74, 6) is 1.67. The van der Waals surface area contributed by atoms with Crippen LogP contribution in [0.5, 0.6) is 0 Å². The van der Waals surface area contributed by atoms with Gasteiger partial charge in [-0.3, -0.25) is 9.78 Å². The van der Waals surface area contributed by atoms with E-state index in [0.29, 0.717) is 36.2 Å². The van der Waals surface area contributed by atoms with Crippen molar-refractivity contribution in [1.29, 1.82) is 0 Å². The molecule has 7 heteroatoms. The summed E-state index contributed by atoms with van der Waals surface area (Å²) < 4.78 is 5.42. The summed E-state index contributed by atoms with van der Waals surface area (Å²) in [6.07, 6.45) is 4.46. The van der Waals surface area contributed by atoms with E-state index in [1.807, 2.05) is 40.8 Å².